The fourth-order valence-electron chi connectivity index (χ4n) is 3.63. The first kappa shape index (κ1) is 19.5. The number of benzene rings is 2. The van der Waals surface area contributed by atoms with E-state index in [0.717, 1.165) is 12.0 Å². The Balaban J connectivity index is 1.24. The van der Waals surface area contributed by atoms with Gasteiger partial charge in [0.1, 0.15) is 0 Å². The van der Waals surface area contributed by atoms with Crippen LogP contribution < -0.4 is 5.32 Å². The van der Waals surface area contributed by atoms with Gasteiger partial charge in [0.15, 0.2) is 0 Å². The Bertz CT molecular complexity index is 1000. The molecule has 0 unspecified atom stereocenters. The van der Waals surface area contributed by atoms with Gasteiger partial charge in [0.05, 0.1) is 0 Å². The van der Waals surface area contributed by atoms with Crippen LogP contribution in [0.3, 0.4) is 0 Å². The van der Waals surface area contributed by atoms with Gasteiger partial charge in [-0.2, -0.15) is 0 Å². The van der Waals surface area contributed by atoms with Crippen molar-refractivity contribution in [3.8, 4) is 0 Å². The molecule has 2 heterocycles. The number of amides is 3. The van der Waals surface area contributed by atoms with Gasteiger partial charge in [0.25, 0.3) is 5.91 Å². The molecular formula is C23H25N3O2S. The molecule has 6 heteroatoms. The lowest BCUT2D eigenvalue weighted by Crippen LogP contribution is -2.53. The van der Waals surface area contributed by atoms with Crippen molar-refractivity contribution < 1.29 is 9.59 Å². The van der Waals surface area contributed by atoms with E-state index < -0.39 is 0 Å². The standard InChI is InChI=1S/C23H25N3O2S/c1-17-6-8-18(9-7-17)22(27)25-12-14-26(15-13-25)23(28)24-11-10-19-16-29-21-5-3-2-4-20(19)21/h2-9,16H,10-15H2,1H3,(H,24,28). The quantitative estimate of drug-likeness (QED) is 0.713. The normalized spacial score (nSPS) is 14.2. The maximum absolute atomic E-state index is 12.6. The lowest BCUT2D eigenvalue weighted by molar-refractivity contribution is 0.0665. The number of urea groups is 1. The van der Waals surface area contributed by atoms with Crippen LogP contribution in [0.25, 0.3) is 10.1 Å². The fourth-order valence-corrected chi connectivity index (χ4v) is 4.63. The molecule has 2 aromatic carbocycles. The van der Waals surface area contributed by atoms with Gasteiger partial charge < -0.3 is 15.1 Å². The number of hydrogen-bond donors (Lipinski definition) is 1. The van der Waals surface area contributed by atoms with Gasteiger partial charge >= 0.3 is 6.03 Å². The summed E-state index contributed by atoms with van der Waals surface area (Å²) in [4.78, 5) is 28.7. The highest BCUT2D eigenvalue weighted by Crippen LogP contribution is 2.25. The molecular weight excluding hydrogens is 382 g/mol. The van der Waals surface area contributed by atoms with E-state index in [0.29, 0.717) is 38.3 Å². The molecule has 0 spiro atoms. The Kier molecular flexibility index (Phi) is 5.81. The van der Waals surface area contributed by atoms with Crippen LogP contribution in [0.4, 0.5) is 4.79 Å². The number of hydrogen-bond acceptors (Lipinski definition) is 3. The van der Waals surface area contributed by atoms with Gasteiger partial charge in [0.2, 0.25) is 0 Å². The van der Waals surface area contributed by atoms with Gasteiger partial charge in [0, 0.05) is 43.0 Å². The summed E-state index contributed by atoms with van der Waals surface area (Å²) < 4.78 is 1.28. The third-order valence-corrected chi connectivity index (χ3v) is 6.40. The largest absolute Gasteiger partial charge is 0.338 e. The van der Waals surface area contributed by atoms with Crippen molar-refractivity contribution in [3.63, 3.8) is 0 Å². The zero-order valence-electron chi connectivity index (χ0n) is 16.6. The van der Waals surface area contributed by atoms with Crippen LogP contribution in [0.1, 0.15) is 21.5 Å². The number of carbonyl (C=O) groups excluding carboxylic acids is 2. The molecule has 1 saturated heterocycles. The number of nitrogens with zero attached hydrogens (tertiary/aromatic N) is 2. The molecule has 29 heavy (non-hydrogen) atoms. The monoisotopic (exact) mass is 407 g/mol. The van der Waals surface area contributed by atoms with E-state index in [1.165, 1.54) is 15.6 Å². The smallest absolute Gasteiger partial charge is 0.317 e. The molecule has 4 rings (SSSR count). The molecule has 5 nitrogen and oxygen atoms in total. The van der Waals surface area contributed by atoms with E-state index in [2.05, 4.69) is 28.9 Å². The van der Waals surface area contributed by atoms with Crippen molar-refractivity contribution in [2.75, 3.05) is 32.7 Å². The lowest BCUT2D eigenvalue weighted by atomic mass is 10.1. The molecule has 0 aliphatic carbocycles. The molecule has 1 fully saturated rings. The number of thiophene rings is 1. The SMILES string of the molecule is Cc1ccc(C(=O)N2CCN(C(=O)NCCc3csc4ccccc34)CC2)cc1. The summed E-state index contributed by atoms with van der Waals surface area (Å²) in [5.74, 6) is 0.0365. The highest BCUT2D eigenvalue weighted by atomic mass is 32.1. The van der Waals surface area contributed by atoms with Crippen LogP contribution >= 0.6 is 11.3 Å². The van der Waals surface area contributed by atoms with Crippen LogP contribution in [0.5, 0.6) is 0 Å². The second kappa shape index (κ2) is 8.66. The van der Waals surface area contributed by atoms with Crippen LogP contribution in [0, 0.1) is 6.92 Å². The Hall–Kier alpha value is -2.86. The summed E-state index contributed by atoms with van der Waals surface area (Å²) in [6, 6.07) is 15.9. The summed E-state index contributed by atoms with van der Waals surface area (Å²) in [5, 5.41) is 6.47. The van der Waals surface area contributed by atoms with Crippen LogP contribution in [-0.2, 0) is 6.42 Å². The molecule has 150 valence electrons. The van der Waals surface area contributed by atoms with Crippen molar-refractivity contribution >= 4 is 33.4 Å². The van der Waals surface area contributed by atoms with Gasteiger partial charge in [-0.3, -0.25) is 4.79 Å². The first-order chi connectivity index (χ1) is 14.1. The number of piperazine rings is 1. The summed E-state index contributed by atoms with van der Waals surface area (Å²) in [6.07, 6.45) is 0.821. The molecule has 1 aliphatic rings. The number of nitrogens with one attached hydrogen (secondary N) is 1. The summed E-state index contributed by atoms with van der Waals surface area (Å²) in [7, 11) is 0. The Morgan fingerprint density at radius 2 is 1.66 bits per heavy atom. The number of carbonyl (C=O) groups is 2. The van der Waals surface area contributed by atoms with E-state index in [1.807, 2.05) is 42.2 Å². The zero-order valence-corrected chi connectivity index (χ0v) is 17.4. The molecule has 1 aliphatic heterocycles. The minimum atomic E-state index is -0.0491. The highest BCUT2D eigenvalue weighted by Gasteiger charge is 2.24. The second-order valence-electron chi connectivity index (χ2n) is 7.38. The maximum Gasteiger partial charge on any atom is 0.317 e. The summed E-state index contributed by atoms with van der Waals surface area (Å²) in [5.41, 5.74) is 3.12. The lowest BCUT2D eigenvalue weighted by Gasteiger charge is -2.34. The van der Waals surface area contributed by atoms with Crippen molar-refractivity contribution in [3.05, 3.63) is 70.6 Å². The first-order valence-electron chi connectivity index (χ1n) is 9.95. The molecule has 3 amide bonds. The van der Waals surface area contributed by atoms with Crippen LogP contribution in [0.2, 0.25) is 0 Å². The van der Waals surface area contributed by atoms with E-state index in [4.69, 9.17) is 0 Å². The van der Waals surface area contributed by atoms with Crippen molar-refractivity contribution in [2.24, 2.45) is 0 Å². The Labute approximate surface area is 174 Å². The van der Waals surface area contributed by atoms with Crippen LogP contribution in [-0.4, -0.2) is 54.5 Å². The van der Waals surface area contributed by atoms with Crippen molar-refractivity contribution in [2.45, 2.75) is 13.3 Å². The summed E-state index contributed by atoms with van der Waals surface area (Å²) in [6.45, 7) is 4.87. The number of fused-ring (bicyclic) bond motifs is 1. The summed E-state index contributed by atoms with van der Waals surface area (Å²) >= 11 is 1.74. The van der Waals surface area contributed by atoms with Gasteiger partial charge in [-0.25, -0.2) is 4.79 Å². The average molecular weight is 408 g/mol. The van der Waals surface area contributed by atoms with Crippen molar-refractivity contribution in [1.82, 2.24) is 15.1 Å². The van der Waals surface area contributed by atoms with Crippen LogP contribution in [0.15, 0.2) is 53.9 Å². The fraction of sp³-hybridized carbons (Fsp3) is 0.304. The Morgan fingerprint density at radius 1 is 0.966 bits per heavy atom. The maximum atomic E-state index is 12.6. The van der Waals surface area contributed by atoms with Crippen molar-refractivity contribution in [1.29, 1.82) is 0 Å². The molecule has 0 saturated carbocycles. The van der Waals surface area contributed by atoms with E-state index in [9.17, 15) is 9.59 Å². The minimum absolute atomic E-state index is 0.0365. The molecule has 0 atom stereocenters. The zero-order chi connectivity index (χ0) is 20.2. The Morgan fingerprint density at radius 3 is 2.41 bits per heavy atom. The first-order valence-corrected chi connectivity index (χ1v) is 10.8. The van der Waals surface area contributed by atoms with Gasteiger partial charge in [-0.15, -0.1) is 11.3 Å². The van der Waals surface area contributed by atoms with Gasteiger partial charge in [-0.1, -0.05) is 35.9 Å². The number of aryl methyl sites for hydroxylation is 1. The highest BCUT2D eigenvalue weighted by molar-refractivity contribution is 7.17. The number of rotatable bonds is 4. The molecule has 1 aromatic heterocycles. The van der Waals surface area contributed by atoms with E-state index >= 15 is 0 Å². The predicted molar refractivity (Wildman–Crippen MR) is 118 cm³/mol. The topological polar surface area (TPSA) is 52.7 Å². The molecule has 0 bridgehead atoms. The van der Waals surface area contributed by atoms with E-state index in [-0.39, 0.29) is 11.9 Å². The van der Waals surface area contributed by atoms with E-state index in [1.54, 1.807) is 16.2 Å². The third kappa shape index (κ3) is 4.43. The molecule has 0 radical (unpaired) electrons. The average Bonchev–Trinajstić information content (AvgIpc) is 3.17. The molecule has 3 aromatic rings. The predicted octanol–water partition coefficient (Wildman–Crippen LogP) is 3.92. The minimum Gasteiger partial charge on any atom is -0.338 e. The molecule has 1 N–H and O–H groups in total. The third-order valence-electron chi connectivity index (χ3n) is 5.38. The second-order valence-corrected chi connectivity index (χ2v) is 8.30. The van der Waals surface area contributed by atoms with Gasteiger partial charge in [-0.05, 0) is 47.9 Å².